The first kappa shape index (κ1) is 14.4. The Morgan fingerprint density at radius 3 is 2.41 bits per heavy atom. The van der Waals surface area contributed by atoms with Crippen molar-refractivity contribution >= 4 is 34.7 Å². The molecular formula is C17H13NO3S. The van der Waals surface area contributed by atoms with Gasteiger partial charge in [-0.1, -0.05) is 35.9 Å². The molecule has 0 radical (unpaired) electrons. The average molecular weight is 311 g/mol. The van der Waals surface area contributed by atoms with E-state index in [0.717, 1.165) is 22.2 Å². The number of hydrogen-bond donors (Lipinski definition) is 1. The number of phenols is 1. The van der Waals surface area contributed by atoms with E-state index in [4.69, 9.17) is 0 Å². The number of benzene rings is 2. The number of anilines is 1. The molecule has 1 fully saturated rings. The molecule has 2 aromatic carbocycles. The largest absolute Gasteiger partial charge is 0.507 e. The zero-order valence-electron chi connectivity index (χ0n) is 11.8. The van der Waals surface area contributed by atoms with Crippen molar-refractivity contribution in [1.29, 1.82) is 0 Å². The Balaban J connectivity index is 1.95. The number of rotatable bonds is 2. The minimum Gasteiger partial charge on any atom is -0.507 e. The topological polar surface area (TPSA) is 57.6 Å². The van der Waals surface area contributed by atoms with Gasteiger partial charge in [0.15, 0.2) is 0 Å². The smallest absolute Gasteiger partial charge is 0.298 e. The Morgan fingerprint density at radius 2 is 1.73 bits per heavy atom. The lowest BCUT2D eigenvalue weighted by Crippen LogP contribution is -2.27. The first-order valence-electron chi connectivity index (χ1n) is 6.69. The van der Waals surface area contributed by atoms with Crippen LogP contribution in [-0.4, -0.2) is 16.3 Å². The molecule has 1 heterocycles. The number of phenolic OH excluding ortho intramolecular Hbond substituents is 1. The van der Waals surface area contributed by atoms with Crippen molar-refractivity contribution in [3.8, 4) is 5.75 Å². The maximum Gasteiger partial charge on any atom is 0.298 e. The molecular weight excluding hydrogens is 298 g/mol. The molecule has 0 saturated carbocycles. The van der Waals surface area contributed by atoms with Crippen molar-refractivity contribution in [2.24, 2.45) is 0 Å². The molecule has 0 spiro atoms. The summed E-state index contributed by atoms with van der Waals surface area (Å²) in [4.78, 5) is 26.0. The van der Waals surface area contributed by atoms with Gasteiger partial charge in [0.2, 0.25) is 0 Å². The van der Waals surface area contributed by atoms with Crippen molar-refractivity contribution < 1.29 is 14.7 Å². The maximum atomic E-state index is 12.5. The van der Waals surface area contributed by atoms with Crippen molar-refractivity contribution in [2.45, 2.75) is 6.92 Å². The monoisotopic (exact) mass is 311 g/mol. The fraction of sp³-hybridized carbons (Fsp3) is 0.0588. The third-order valence-corrected chi connectivity index (χ3v) is 4.18. The van der Waals surface area contributed by atoms with Gasteiger partial charge in [0.05, 0.1) is 10.6 Å². The van der Waals surface area contributed by atoms with Crippen LogP contribution < -0.4 is 4.90 Å². The number of nitrogens with zero attached hydrogens (tertiary/aromatic N) is 1. The lowest BCUT2D eigenvalue weighted by Gasteiger charge is -2.12. The lowest BCUT2D eigenvalue weighted by molar-refractivity contribution is -0.113. The highest BCUT2D eigenvalue weighted by molar-refractivity contribution is 8.19. The van der Waals surface area contributed by atoms with Gasteiger partial charge < -0.3 is 5.11 Å². The molecule has 1 saturated heterocycles. The van der Waals surface area contributed by atoms with Crippen LogP contribution in [0.1, 0.15) is 11.1 Å². The van der Waals surface area contributed by atoms with Crippen LogP contribution in [0.5, 0.6) is 5.75 Å². The van der Waals surface area contributed by atoms with Crippen LogP contribution in [0.2, 0.25) is 0 Å². The third-order valence-electron chi connectivity index (χ3n) is 3.31. The first-order chi connectivity index (χ1) is 10.6. The number of aryl methyl sites for hydroxylation is 1. The summed E-state index contributed by atoms with van der Waals surface area (Å²) in [6.45, 7) is 1.94. The van der Waals surface area contributed by atoms with E-state index in [2.05, 4.69) is 0 Å². The molecule has 2 aromatic rings. The van der Waals surface area contributed by atoms with Gasteiger partial charge in [0, 0.05) is 5.56 Å². The average Bonchev–Trinajstić information content (AvgIpc) is 2.77. The molecule has 2 amide bonds. The zero-order valence-corrected chi connectivity index (χ0v) is 12.6. The summed E-state index contributed by atoms with van der Waals surface area (Å²) in [5, 5.41) is 9.44. The van der Waals surface area contributed by atoms with Crippen LogP contribution in [0.3, 0.4) is 0 Å². The SMILES string of the molecule is Cc1ccc(N2C(=O)SC(=Cc3ccccc3O)C2=O)cc1. The second-order valence-corrected chi connectivity index (χ2v) is 5.90. The summed E-state index contributed by atoms with van der Waals surface area (Å²) >= 11 is 0.872. The molecule has 0 atom stereocenters. The first-order valence-corrected chi connectivity index (χ1v) is 7.50. The summed E-state index contributed by atoms with van der Waals surface area (Å²) in [7, 11) is 0. The predicted molar refractivity (Wildman–Crippen MR) is 87.7 cm³/mol. The van der Waals surface area contributed by atoms with Crippen LogP contribution >= 0.6 is 11.8 Å². The van der Waals surface area contributed by atoms with E-state index in [0.29, 0.717) is 16.2 Å². The number of para-hydroxylation sites is 1. The lowest BCUT2D eigenvalue weighted by atomic mass is 10.2. The molecule has 3 rings (SSSR count). The van der Waals surface area contributed by atoms with Crippen LogP contribution in [0.15, 0.2) is 53.4 Å². The minimum atomic E-state index is -0.373. The van der Waals surface area contributed by atoms with Crippen molar-refractivity contribution in [3.63, 3.8) is 0 Å². The summed E-state index contributed by atoms with van der Waals surface area (Å²) in [5.41, 5.74) is 2.12. The van der Waals surface area contributed by atoms with E-state index in [1.807, 2.05) is 19.1 Å². The van der Waals surface area contributed by atoms with Crippen molar-refractivity contribution in [1.82, 2.24) is 0 Å². The van der Waals surface area contributed by atoms with Gasteiger partial charge in [-0.2, -0.15) is 0 Å². The Hall–Kier alpha value is -2.53. The van der Waals surface area contributed by atoms with E-state index >= 15 is 0 Å². The summed E-state index contributed by atoms with van der Waals surface area (Å²) in [6.07, 6.45) is 1.54. The van der Waals surface area contributed by atoms with Gasteiger partial charge in [-0.05, 0) is 43.0 Å². The highest BCUT2D eigenvalue weighted by atomic mass is 32.2. The van der Waals surface area contributed by atoms with Gasteiger partial charge in [-0.3, -0.25) is 9.59 Å². The number of aromatic hydroxyl groups is 1. The standard InChI is InChI=1S/C17H13NO3S/c1-11-6-8-13(9-7-11)18-16(20)15(22-17(18)21)10-12-4-2-3-5-14(12)19/h2-10,19H,1H3. The van der Waals surface area contributed by atoms with E-state index < -0.39 is 0 Å². The summed E-state index contributed by atoms with van der Waals surface area (Å²) in [6, 6.07) is 13.9. The van der Waals surface area contributed by atoms with Crippen LogP contribution in [0, 0.1) is 6.92 Å². The molecule has 0 unspecified atom stereocenters. The normalized spacial score (nSPS) is 16.6. The molecule has 1 aliphatic heterocycles. The Morgan fingerprint density at radius 1 is 1.05 bits per heavy atom. The molecule has 0 aliphatic carbocycles. The molecule has 22 heavy (non-hydrogen) atoms. The molecule has 1 aliphatic rings. The Kier molecular flexibility index (Phi) is 3.73. The molecule has 5 heteroatoms. The highest BCUT2D eigenvalue weighted by Gasteiger charge is 2.36. The van der Waals surface area contributed by atoms with Crippen molar-refractivity contribution in [3.05, 3.63) is 64.6 Å². The van der Waals surface area contributed by atoms with E-state index in [9.17, 15) is 14.7 Å². The number of thioether (sulfide) groups is 1. The highest BCUT2D eigenvalue weighted by Crippen LogP contribution is 2.36. The number of carbonyl (C=O) groups excluding carboxylic acids is 2. The van der Waals surface area contributed by atoms with Gasteiger partial charge >= 0.3 is 0 Å². The number of hydrogen-bond acceptors (Lipinski definition) is 4. The molecule has 4 nitrogen and oxygen atoms in total. The van der Waals surface area contributed by atoms with Gasteiger partial charge in [-0.25, -0.2) is 4.90 Å². The molecule has 1 N–H and O–H groups in total. The maximum absolute atomic E-state index is 12.5. The second-order valence-electron chi connectivity index (χ2n) is 4.91. The Labute approximate surface area is 132 Å². The molecule has 110 valence electrons. The summed E-state index contributed by atoms with van der Waals surface area (Å²) in [5.74, 6) is -0.299. The van der Waals surface area contributed by atoms with Crippen LogP contribution in [-0.2, 0) is 4.79 Å². The van der Waals surface area contributed by atoms with E-state index in [1.54, 1.807) is 30.3 Å². The third kappa shape index (κ3) is 2.63. The second kappa shape index (κ2) is 5.69. The Bertz CT molecular complexity index is 781. The fourth-order valence-electron chi connectivity index (χ4n) is 2.13. The van der Waals surface area contributed by atoms with Crippen LogP contribution in [0.4, 0.5) is 10.5 Å². The fourth-order valence-corrected chi connectivity index (χ4v) is 2.97. The van der Waals surface area contributed by atoms with Crippen molar-refractivity contribution in [2.75, 3.05) is 4.90 Å². The molecule has 0 bridgehead atoms. The van der Waals surface area contributed by atoms with Gasteiger partial charge in [0.25, 0.3) is 11.1 Å². The minimum absolute atomic E-state index is 0.0737. The quantitative estimate of drug-likeness (QED) is 0.853. The zero-order chi connectivity index (χ0) is 15.7. The van der Waals surface area contributed by atoms with Gasteiger partial charge in [0.1, 0.15) is 5.75 Å². The number of carbonyl (C=O) groups is 2. The van der Waals surface area contributed by atoms with Crippen LogP contribution in [0.25, 0.3) is 6.08 Å². The number of amides is 2. The van der Waals surface area contributed by atoms with E-state index in [1.165, 1.54) is 12.1 Å². The van der Waals surface area contributed by atoms with Gasteiger partial charge in [-0.15, -0.1) is 0 Å². The number of imide groups is 1. The van der Waals surface area contributed by atoms with E-state index in [-0.39, 0.29) is 16.9 Å². The predicted octanol–water partition coefficient (Wildman–Crippen LogP) is 3.94. The summed E-state index contributed by atoms with van der Waals surface area (Å²) < 4.78 is 0. The molecule has 0 aromatic heterocycles.